The minimum absolute atomic E-state index is 0.328. The Bertz CT molecular complexity index is 524. The van der Waals surface area contributed by atoms with Crippen molar-refractivity contribution in [3.8, 4) is 0 Å². The zero-order chi connectivity index (χ0) is 11.2. The van der Waals surface area contributed by atoms with Gasteiger partial charge in [-0.3, -0.25) is 0 Å². The molecule has 0 unspecified atom stereocenters. The standard InChI is InChI=1S/C13H16N2O/c1-9-5-4-6-10-11(9)15-12(16-10)13(14)7-2-3-8-13/h4-6H,2-3,7-8,14H2,1H3. The van der Waals surface area contributed by atoms with E-state index < -0.39 is 0 Å². The van der Waals surface area contributed by atoms with Gasteiger partial charge in [0, 0.05) is 0 Å². The van der Waals surface area contributed by atoms with E-state index in [9.17, 15) is 0 Å². The first kappa shape index (κ1) is 9.85. The van der Waals surface area contributed by atoms with Crippen molar-refractivity contribution >= 4 is 11.1 Å². The highest BCUT2D eigenvalue weighted by Gasteiger charge is 2.36. The largest absolute Gasteiger partial charge is 0.439 e. The van der Waals surface area contributed by atoms with Gasteiger partial charge in [0.25, 0.3) is 0 Å². The van der Waals surface area contributed by atoms with Crippen molar-refractivity contribution < 1.29 is 4.42 Å². The minimum atomic E-state index is -0.328. The number of fused-ring (bicyclic) bond motifs is 1. The minimum Gasteiger partial charge on any atom is -0.439 e. The molecule has 0 bridgehead atoms. The molecule has 1 aliphatic carbocycles. The highest BCUT2D eigenvalue weighted by Crippen LogP contribution is 2.37. The Labute approximate surface area is 94.7 Å². The first-order chi connectivity index (χ1) is 7.69. The van der Waals surface area contributed by atoms with Crippen LogP contribution in [0.1, 0.15) is 37.1 Å². The van der Waals surface area contributed by atoms with Crippen molar-refractivity contribution in [1.29, 1.82) is 0 Å². The smallest absolute Gasteiger partial charge is 0.215 e. The first-order valence-corrected chi connectivity index (χ1v) is 5.85. The molecule has 1 aromatic carbocycles. The van der Waals surface area contributed by atoms with Gasteiger partial charge in [0.05, 0.1) is 5.54 Å². The van der Waals surface area contributed by atoms with Gasteiger partial charge in [-0.15, -0.1) is 0 Å². The number of hydrogen-bond acceptors (Lipinski definition) is 3. The van der Waals surface area contributed by atoms with Crippen LogP contribution in [0.25, 0.3) is 11.1 Å². The molecule has 0 atom stereocenters. The normalized spacial score (nSPS) is 19.4. The fourth-order valence-corrected chi connectivity index (χ4v) is 2.52. The summed E-state index contributed by atoms with van der Waals surface area (Å²) in [5, 5.41) is 0. The maximum atomic E-state index is 6.34. The molecule has 1 saturated carbocycles. The van der Waals surface area contributed by atoms with Crippen molar-refractivity contribution in [3.63, 3.8) is 0 Å². The second-order valence-corrected chi connectivity index (χ2v) is 4.80. The zero-order valence-corrected chi connectivity index (χ0v) is 9.49. The van der Waals surface area contributed by atoms with E-state index in [1.165, 1.54) is 12.8 Å². The summed E-state index contributed by atoms with van der Waals surface area (Å²) >= 11 is 0. The van der Waals surface area contributed by atoms with Crippen molar-refractivity contribution in [2.24, 2.45) is 5.73 Å². The molecule has 1 fully saturated rings. The third kappa shape index (κ3) is 1.35. The number of oxazole rings is 1. The van der Waals surface area contributed by atoms with Gasteiger partial charge in [0.2, 0.25) is 5.89 Å². The molecule has 2 aromatic rings. The number of nitrogens with zero attached hydrogens (tertiary/aromatic N) is 1. The van der Waals surface area contributed by atoms with Crippen molar-refractivity contribution in [1.82, 2.24) is 4.98 Å². The van der Waals surface area contributed by atoms with E-state index in [1.54, 1.807) is 0 Å². The molecule has 84 valence electrons. The topological polar surface area (TPSA) is 52.0 Å². The summed E-state index contributed by atoms with van der Waals surface area (Å²) in [5.74, 6) is 0.717. The predicted octanol–water partition coefficient (Wildman–Crippen LogP) is 2.86. The highest BCUT2D eigenvalue weighted by atomic mass is 16.4. The van der Waals surface area contributed by atoms with Gasteiger partial charge in [0.1, 0.15) is 5.52 Å². The molecule has 0 saturated heterocycles. The monoisotopic (exact) mass is 216 g/mol. The van der Waals surface area contributed by atoms with Crippen LogP contribution in [0.2, 0.25) is 0 Å². The molecule has 1 aromatic heterocycles. The third-order valence-corrected chi connectivity index (χ3v) is 3.54. The van der Waals surface area contributed by atoms with Gasteiger partial charge >= 0.3 is 0 Å². The fraction of sp³-hybridized carbons (Fsp3) is 0.462. The summed E-state index contributed by atoms with van der Waals surface area (Å²) in [5.41, 5.74) is 8.96. The molecule has 0 amide bonds. The zero-order valence-electron chi connectivity index (χ0n) is 9.49. The van der Waals surface area contributed by atoms with Gasteiger partial charge < -0.3 is 10.2 Å². The molecule has 0 spiro atoms. The van der Waals surface area contributed by atoms with E-state index in [4.69, 9.17) is 10.2 Å². The fourth-order valence-electron chi connectivity index (χ4n) is 2.52. The molecule has 16 heavy (non-hydrogen) atoms. The SMILES string of the molecule is Cc1cccc2oc(C3(N)CCCC3)nc12. The van der Waals surface area contributed by atoms with Crippen LogP contribution in [0.15, 0.2) is 22.6 Å². The van der Waals surface area contributed by atoms with Crippen LogP contribution in [0.4, 0.5) is 0 Å². The third-order valence-electron chi connectivity index (χ3n) is 3.54. The summed E-state index contributed by atoms with van der Waals surface area (Å²) in [6, 6.07) is 5.99. The number of benzene rings is 1. The lowest BCUT2D eigenvalue weighted by Gasteiger charge is -2.18. The van der Waals surface area contributed by atoms with Gasteiger partial charge in [0.15, 0.2) is 5.58 Å². The summed E-state index contributed by atoms with van der Waals surface area (Å²) < 4.78 is 5.80. The highest BCUT2D eigenvalue weighted by molar-refractivity contribution is 5.76. The maximum Gasteiger partial charge on any atom is 0.215 e. The maximum absolute atomic E-state index is 6.34. The second kappa shape index (κ2) is 3.32. The lowest BCUT2D eigenvalue weighted by molar-refractivity contribution is 0.346. The second-order valence-electron chi connectivity index (χ2n) is 4.80. The molecule has 1 heterocycles. The summed E-state index contributed by atoms with van der Waals surface area (Å²) in [6.45, 7) is 2.05. The van der Waals surface area contributed by atoms with Gasteiger partial charge in [-0.25, -0.2) is 4.98 Å². The van der Waals surface area contributed by atoms with Crippen LogP contribution in [0.5, 0.6) is 0 Å². The van der Waals surface area contributed by atoms with E-state index in [2.05, 4.69) is 4.98 Å². The average Bonchev–Trinajstić information content (AvgIpc) is 2.85. The summed E-state index contributed by atoms with van der Waals surface area (Å²) in [7, 11) is 0. The molecule has 3 heteroatoms. The van der Waals surface area contributed by atoms with E-state index in [-0.39, 0.29) is 5.54 Å². The Kier molecular flexibility index (Phi) is 2.04. The Morgan fingerprint density at radius 1 is 1.31 bits per heavy atom. The van der Waals surface area contributed by atoms with Crippen LogP contribution < -0.4 is 5.73 Å². The van der Waals surface area contributed by atoms with Crippen LogP contribution >= 0.6 is 0 Å². The van der Waals surface area contributed by atoms with Crippen LogP contribution in [-0.2, 0) is 5.54 Å². The molecule has 2 N–H and O–H groups in total. The average molecular weight is 216 g/mol. The number of hydrogen-bond donors (Lipinski definition) is 1. The van der Waals surface area contributed by atoms with Crippen molar-refractivity contribution in [2.45, 2.75) is 38.1 Å². The van der Waals surface area contributed by atoms with E-state index in [0.717, 1.165) is 29.5 Å². The molecular weight excluding hydrogens is 200 g/mol. The van der Waals surface area contributed by atoms with Gasteiger partial charge in [-0.1, -0.05) is 25.0 Å². The van der Waals surface area contributed by atoms with E-state index >= 15 is 0 Å². The van der Waals surface area contributed by atoms with Crippen LogP contribution in [0.3, 0.4) is 0 Å². The molecule has 3 rings (SSSR count). The molecule has 3 nitrogen and oxygen atoms in total. The lowest BCUT2D eigenvalue weighted by Crippen LogP contribution is -2.33. The lowest BCUT2D eigenvalue weighted by atomic mass is 9.99. The molecule has 1 aliphatic rings. The van der Waals surface area contributed by atoms with Gasteiger partial charge in [-0.05, 0) is 31.4 Å². The van der Waals surface area contributed by atoms with Gasteiger partial charge in [-0.2, -0.15) is 0 Å². The van der Waals surface area contributed by atoms with Crippen molar-refractivity contribution in [3.05, 3.63) is 29.7 Å². The summed E-state index contributed by atoms with van der Waals surface area (Å²) in [4.78, 5) is 4.57. The molecule has 0 radical (unpaired) electrons. The summed E-state index contributed by atoms with van der Waals surface area (Å²) in [6.07, 6.45) is 4.32. The Morgan fingerprint density at radius 2 is 2.06 bits per heavy atom. The van der Waals surface area contributed by atoms with Crippen molar-refractivity contribution in [2.75, 3.05) is 0 Å². The Balaban J connectivity index is 2.15. The Hall–Kier alpha value is -1.35. The number of nitrogens with two attached hydrogens (primary N) is 1. The number of aryl methyl sites for hydroxylation is 1. The number of para-hydroxylation sites is 1. The van der Waals surface area contributed by atoms with Crippen LogP contribution in [0, 0.1) is 6.92 Å². The molecule has 0 aliphatic heterocycles. The number of rotatable bonds is 1. The quantitative estimate of drug-likeness (QED) is 0.797. The van der Waals surface area contributed by atoms with E-state index in [0.29, 0.717) is 5.89 Å². The first-order valence-electron chi connectivity index (χ1n) is 5.85. The Morgan fingerprint density at radius 3 is 2.75 bits per heavy atom. The van der Waals surface area contributed by atoms with Crippen LogP contribution in [-0.4, -0.2) is 4.98 Å². The van der Waals surface area contributed by atoms with E-state index in [1.807, 2.05) is 25.1 Å². The number of aromatic nitrogens is 1. The molecular formula is C13H16N2O. The predicted molar refractivity (Wildman–Crippen MR) is 63.1 cm³/mol.